The van der Waals surface area contributed by atoms with Gasteiger partial charge in [-0.15, -0.1) is 16.4 Å². The molecule has 1 aromatic carbocycles. The van der Waals surface area contributed by atoms with Gasteiger partial charge in [0, 0.05) is 49.7 Å². The Kier molecular flexibility index (Phi) is 6.92. The van der Waals surface area contributed by atoms with Crippen molar-refractivity contribution in [3.63, 3.8) is 0 Å². The van der Waals surface area contributed by atoms with E-state index in [9.17, 15) is 4.79 Å². The van der Waals surface area contributed by atoms with Crippen molar-refractivity contribution in [1.82, 2.24) is 19.7 Å². The van der Waals surface area contributed by atoms with Crippen LogP contribution in [0.3, 0.4) is 0 Å². The highest BCUT2D eigenvalue weighted by molar-refractivity contribution is 7.12. The van der Waals surface area contributed by atoms with Crippen molar-refractivity contribution in [1.29, 1.82) is 0 Å². The molecule has 180 valence electrons. The third-order valence-electron chi connectivity index (χ3n) is 6.34. The summed E-state index contributed by atoms with van der Waals surface area (Å²) in [6.07, 6.45) is 3.67. The van der Waals surface area contributed by atoms with E-state index in [0.717, 1.165) is 60.2 Å². The monoisotopic (exact) mass is 487 g/mol. The van der Waals surface area contributed by atoms with E-state index in [4.69, 9.17) is 9.84 Å². The summed E-state index contributed by atoms with van der Waals surface area (Å²) >= 11 is 1.47. The van der Waals surface area contributed by atoms with Crippen molar-refractivity contribution in [2.45, 2.75) is 32.4 Å². The van der Waals surface area contributed by atoms with E-state index < -0.39 is 0 Å². The second-order valence-corrected chi connectivity index (χ2v) is 9.70. The molecule has 7 nitrogen and oxygen atoms in total. The molecule has 0 bridgehead atoms. The Morgan fingerprint density at radius 3 is 2.69 bits per heavy atom. The average Bonchev–Trinajstić information content (AvgIpc) is 3.58. The van der Waals surface area contributed by atoms with Crippen molar-refractivity contribution < 1.29 is 9.53 Å². The molecule has 4 aromatic rings. The first kappa shape index (κ1) is 23.3. The van der Waals surface area contributed by atoms with E-state index >= 15 is 0 Å². The van der Waals surface area contributed by atoms with Gasteiger partial charge >= 0.3 is 0 Å². The number of aromatic nitrogens is 3. The Morgan fingerprint density at radius 1 is 1.11 bits per heavy atom. The second-order valence-electron chi connectivity index (χ2n) is 8.75. The average molecular weight is 488 g/mol. The van der Waals surface area contributed by atoms with Gasteiger partial charge in [0.2, 0.25) is 0 Å². The number of hydrogen-bond acceptors (Lipinski definition) is 6. The van der Waals surface area contributed by atoms with Crippen LogP contribution in [0.25, 0.3) is 5.69 Å². The number of carbonyl (C=O) groups is 1. The lowest BCUT2D eigenvalue weighted by atomic mass is 10.0. The van der Waals surface area contributed by atoms with Gasteiger partial charge in [-0.3, -0.25) is 19.6 Å². The molecule has 35 heavy (non-hydrogen) atoms. The number of pyridine rings is 1. The Morgan fingerprint density at radius 2 is 1.94 bits per heavy atom. The molecule has 1 aliphatic heterocycles. The molecule has 0 N–H and O–H groups in total. The van der Waals surface area contributed by atoms with Crippen molar-refractivity contribution in [3.8, 4) is 11.4 Å². The van der Waals surface area contributed by atoms with Crippen LogP contribution < -0.4 is 9.64 Å². The molecule has 3 aromatic heterocycles. The van der Waals surface area contributed by atoms with Crippen LogP contribution in [0, 0.1) is 6.92 Å². The third-order valence-corrected chi connectivity index (χ3v) is 7.20. The second kappa shape index (κ2) is 10.4. The lowest BCUT2D eigenvalue weighted by Crippen LogP contribution is -2.47. The summed E-state index contributed by atoms with van der Waals surface area (Å²) in [4.78, 5) is 23.3. The third kappa shape index (κ3) is 5.28. The number of amides is 1. The summed E-state index contributed by atoms with van der Waals surface area (Å²) in [5.41, 5.74) is 3.02. The first-order chi connectivity index (χ1) is 17.1. The number of hydrogen-bond donors (Lipinski definition) is 0. The molecule has 0 unspecified atom stereocenters. The number of rotatable bonds is 7. The molecule has 0 radical (unpaired) electrons. The molecular weight excluding hydrogens is 458 g/mol. The summed E-state index contributed by atoms with van der Waals surface area (Å²) in [7, 11) is 1.65. The van der Waals surface area contributed by atoms with Gasteiger partial charge in [0.25, 0.3) is 5.91 Å². The molecule has 8 heteroatoms. The number of ether oxygens (including phenoxy) is 1. The number of anilines is 1. The largest absolute Gasteiger partial charge is 0.497 e. The predicted molar refractivity (Wildman–Crippen MR) is 139 cm³/mol. The van der Waals surface area contributed by atoms with E-state index in [-0.39, 0.29) is 11.9 Å². The zero-order valence-corrected chi connectivity index (χ0v) is 20.8. The van der Waals surface area contributed by atoms with Crippen LogP contribution in [0.2, 0.25) is 0 Å². The zero-order valence-electron chi connectivity index (χ0n) is 20.0. The summed E-state index contributed by atoms with van der Waals surface area (Å²) in [6.45, 7) is 4.67. The van der Waals surface area contributed by atoms with Gasteiger partial charge in [0.1, 0.15) is 5.75 Å². The standard InChI is InChI=1S/C27H29N5O2S/c1-20-6-3-7-21(28-20)19-30-14-11-22(12-15-30)32(27(33)25-10-5-17-35-25)26-13-16-31(29-26)23-8-4-9-24(18-23)34-2/h3-10,13,16-18,22H,11-12,14-15,19H2,1-2H3. The van der Waals surface area contributed by atoms with Crippen LogP contribution in [-0.4, -0.2) is 51.8 Å². The molecule has 4 heterocycles. The van der Waals surface area contributed by atoms with Gasteiger partial charge in [0.05, 0.1) is 23.4 Å². The van der Waals surface area contributed by atoms with E-state index in [1.807, 2.05) is 71.9 Å². The molecule has 0 saturated carbocycles. The fourth-order valence-electron chi connectivity index (χ4n) is 4.57. The molecule has 1 saturated heterocycles. The summed E-state index contributed by atoms with van der Waals surface area (Å²) in [5, 5.41) is 6.75. The highest BCUT2D eigenvalue weighted by Crippen LogP contribution is 2.27. The van der Waals surface area contributed by atoms with Crippen molar-refractivity contribution in [2.75, 3.05) is 25.1 Å². The van der Waals surface area contributed by atoms with Crippen LogP contribution in [0.1, 0.15) is 33.9 Å². The van der Waals surface area contributed by atoms with Gasteiger partial charge in [-0.2, -0.15) is 0 Å². The van der Waals surface area contributed by atoms with E-state index in [2.05, 4.69) is 22.0 Å². The van der Waals surface area contributed by atoms with Gasteiger partial charge in [-0.1, -0.05) is 18.2 Å². The fourth-order valence-corrected chi connectivity index (χ4v) is 5.23. The molecule has 1 amide bonds. The number of benzene rings is 1. The molecule has 0 atom stereocenters. The highest BCUT2D eigenvalue weighted by atomic mass is 32.1. The van der Waals surface area contributed by atoms with Gasteiger partial charge in [-0.25, -0.2) is 4.68 Å². The summed E-state index contributed by atoms with van der Waals surface area (Å²) in [6, 6.07) is 19.7. The number of piperidine rings is 1. The molecule has 1 fully saturated rings. The van der Waals surface area contributed by atoms with E-state index in [1.54, 1.807) is 11.8 Å². The zero-order chi connectivity index (χ0) is 24.2. The maximum atomic E-state index is 13.6. The minimum atomic E-state index is 0.00898. The Labute approximate surface area is 209 Å². The number of aryl methyl sites for hydroxylation is 1. The molecular formula is C27H29N5O2S. The fraction of sp³-hybridized carbons (Fsp3) is 0.296. The predicted octanol–water partition coefficient (Wildman–Crippen LogP) is 4.96. The molecule has 0 aliphatic carbocycles. The number of likely N-dealkylation sites (tertiary alicyclic amines) is 1. The van der Waals surface area contributed by atoms with E-state index in [1.165, 1.54) is 11.3 Å². The van der Waals surface area contributed by atoms with Crippen LogP contribution in [0.15, 0.2) is 72.2 Å². The quantitative estimate of drug-likeness (QED) is 0.369. The van der Waals surface area contributed by atoms with Crippen molar-refractivity contribution >= 4 is 23.1 Å². The molecule has 5 rings (SSSR count). The normalized spacial score (nSPS) is 14.7. The van der Waals surface area contributed by atoms with Gasteiger partial charge < -0.3 is 4.74 Å². The topological polar surface area (TPSA) is 63.5 Å². The number of nitrogens with zero attached hydrogens (tertiary/aromatic N) is 5. The lowest BCUT2D eigenvalue weighted by molar-refractivity contribution is 0.0961. The van der Waals surface area contributed by atoms with Crippen LogP contribution in [0.5, 0.6) is 5.75 Å². The maximum Gasteiger partial charge on any atom is 0.269 e. The van der Waals surface area contributed by atoms with Crippen LogP contribution >= 0.6 is 11.3 Å². The minimum Gasteiger partial charge on any atom is -0.497 e. The molecule has 1 aliphatic rings. The van der Waals surface area contributed by atoms with E-state index in [0.29, 0.717) is 5.82 Å². The number of methoxy groups -OCH3 is 1. The van der Waals surface area contributed by atoms with Crippen LogP contribution in [0.4, 0.5) is 5.82 Å². The Bertz CT molecular complexity index is 1280. The van der Waals surface area contributed by atoms with Crippen LogP contribution in [-0.2, 0) is 6.54 Å². The number of thiophene rings is 1. The summed E-state index contributed by atoms with van der Waals surface area (Å²) < 4.78 is 7.16. The lowest BCUT2D eigenvalue weighted by Gasteiger charge is -2.37. The molecule has 0 spiro atoms. The first-order valence-electron chi connectivity index (χ1n) is 11.8. The van der Waals surface area contributed by atoms with Crippen molar-refractivity contribution in [2.24, 2.45) is 0 Å². The Balaban J connectivity index is 1.36. The van der Waals surface area contributed by atoms with Gasteiger partial charge in [0.15, 0.2) is 5.82 Å². The number of carbonyl (C=O) groups excluding carboxylic acids is 1. The minimum absolute atomic E-state index is 0.00898. The maximum absolute atomic E-state index is 13.6. The smallest absolute Gasteiger partial charge is 0.269 e. The van der Waals surface area contributed by atoms with Gasteiger partial charge in [-0.05, 0) is 55.5 Å². The van der Waals surface area contributed by atoms with Crippen molar-refractivity contribution in [3.05, 3.63) is 88.5 Å². The first-order valence-corrected chi connectivity index (χ1v) is 12.7. The SMILES string of the molecule is COc1cccc(-n2ccc(N(C(=O)c3cccs3)C3CCN(Cc4cccc(C)n4)CC3)n2)c1. The highest BCUT2D eigenvalue weighted by Gasteiger charge is 2.32. The Hall–Kier alpha value is -3.49. The summed E-state index contributed by atoms with van der Waals surface area (Å²) in [5.74, 6) is 1.45.